The van der Waals surface area contributed by atoms with Gasteiger partial charge in [0.2, 0.25) is 0 Å². The topological polar surface area (TPSA) is 0 Å². The molecular weight excluding hydrogens is 531 g/mol. The molecule has 1 saturated heterocycles. The Bertz CT molecular complexity index is 559. The van der Waals surface area contributed by atoms with Crippen LogP contribution in [0.5, 0.6) is 0 Å². The van der Waals surface area contributed by atoms with E-state index < -0.39 is 37.0 Å². The molecule has 0 unspecified atom stereocenters. The minimum atomic E-state index is -1.70. The van der Waals surface area contributed by atoms with E-state index >= 15 is 0 Å². The van der Waals surface area contributed by atoms with Gasteiger partial charge in [0.05, 0.1) is 16.1 Å². The van der Waals surface area contributed by atoms with E-state index in [9.17, 15) is 0 Å². The summed E-state index contributed by atoms with van der Waals surface area (Å²) >= 11 is -0.826. The summed E-state index contributed by atoms with van der Waals surface area (Å²) in [5, 5.41) is 0. The van der Waals surface area contributed by atoms with Gasteiger partial charge in [-0.25, -0.2) is 0 Å². The maximum atomic E-state index is 4.93. The molecule has 0 bridgehead atoms. The van der Waals surface area contributed by atoms with Crippen LogP contribution in [0.2, 0.25) is 26.2 Å². The number of hydrogen-bond acceptors (Lipinski definition) is 0. The van der Waals surface area contributed by atoms with Crippen molar-refractivity contribution < 1.29 is 20.8 Å². The zero-order valence-corrected chi connectivity index (χ0v) is 27.7. The molecule has 0 spiro atoms. The van der Waals surface area contributed by atoms with Crippen molar-refractivity contribution in [1.29, 1.82) is 0 Å². The Morgan fingerprint density at radius 3 is 1.29 bits per heavy atom. The third-order valence-electron chi connectivity index (χ3n) is 7.69. The van der Waals surface area contributed by atoms with Crippen molar-refractivity contribution in [3.05, 3.63) is 59.2 Å². The van der Waals surface area contributed by atoms with Crippen LogP contribution in [0, 0.1) is 82.3 Å². The molecule has 3 aliphatic rings. The second-order valence-electron chi connectivity index (χ2n) is 12.1. The van der Waals surface area contributed by atoms with E-state index in [0.717, 1.165) is 0 Å². The zero-order valence-electron chi connectivity index (χ0n) is 21.7. The summed E-state index contributed by atoms with van der Waals surface area (Å²) < 4.78 is 0. The number of fused-ring (bicyclic) bond motifs is 2. The standard InChI is InChI=1S/C26H42Si2.2ClH.Zr/c1-16(2)20-15-21(17(3)4)25-24(20)27(9,10)22-13-19(18(5)26(6,7)8)14-23(22)28(25,11)12;;;/h13-18H,1-12H3;2*1H;/q;;;+4/p-2/t18-;;;/m0.../s1. The Hall–Kier alpha value is 1.90. The third kappa shape index (κ3) is 5.52. The van der Waals surface area contributed by atoms with Crippen molar-refractivity contribution in [1.82, 2.24) is 0 Å². The summed E-state index contributed by atoms with van der Waals surface area (Å²) in [5.41, 5.74) is 7.45. The molecule has 0 nitrogen and oxygen atoms in total. The molecule has 2 aliphatic carbocycles. The van der Waals surface area contributed by atoms with Crippen LogP contribution in [0.25, 0.3) is 0 Å². The molecule has 1 atom stereocenters. The average molecular weight is 573 g/mol. The molecule has 5 heteroatoms. The Balaban J connectivity index is 0.00000107. The fourth-order valence-corrected chi connectivity index (χ4v) is 16.0. The van der Waals surface area contributed by atoms with Crippen molar-refractivity contribution >= 4 is 33.2 Å². The third-order valence-corrected chi connectivity index (χ3v) is 15.3. The summed E-state index contributed by atoms with van der Waals surface area (Å²) in [6.07, 6.45) is 7.89. The van der Waals surface area contributed by atoms with Crippen LogP contribution in [-0.4, -0.2) is 16.1 Å². The van der Waals surface area contributed by atoms with Gasteiger partial charge in [0, 0.05) is 0 Å². The van der Waals surface area contributed by atoms with E-state index in [1.54, 1.807) is 28.8 Å². The Morgan fingerprint density at radius 2 is 1.03 bits per heavy atom. The van der Waals surface area contributed by atoms with Gasteiger partial charge in [-0.1, -0.05) is 81.6 Å². The van der Waals surface area contributed by atoms with Crippen LogP contribution in [0.3, 0.4) is 0 Å². The van der Waals surface area contributed by atoms with E-state index in [2.05, 4.69) is 101 Å². The first-order valence-electron chi connectivity index (χ1n) is 11.7. The van der Waals surface area contributed by atoms with Crippen LogP contribution in [-0.2, 0) is 20.8 Å². The van der Waals surface area contributed by atoms with E-state index in [1.807, 2.05) is 11.1 Å². The summed E-state index contributed by atoms with van der Waals surface area (Å²) in [4.78, 5) is 0. The van der Waals surface area contributed by atoms with Gasteiger partial charge in [-0.05, 0) is 82.3 Å². The zero-order chi connectivity index (χ0) is 24.1. The Labute approximate surface area is 216 Å². The van der Waals surface area contributed by atoms with Gasteiger partial charge in [-0.2, -0.15) is 0 Å². The van der Waals surface area contributed by atoms with Gasteiger partial charge in [-0.3, -0.25) is 0 Å². The molecule has 31 heavy (non-hydrogen) atoms. The molecule has 2 saturated carbocycles. The number of halogens is 2. The van der Waals surface area contributed by atoms with Crippen molar-refractivity contribution in [2.75, 3.05) is 0 Å². The second kappa shape index (κ2) is 10.5. The quantitative estimate of drug-likeness (QED) is 0.297. The van der Waals surface area contributed by atoms with Crippen molar-refractivity contribution in [3.8, 4) is 0 Å². The SMILES string of the molecule is CC(C)[C]1[CH][C](C(C)C)[C]2[C]1[Si](C)(C)[C]1[CH][C]([C@H](C)C(C)(C)C)[CH][C]1[Si]2(C)C.[Cl][Zr+2][Cl]. The fourth-order valence-electron chi connectivity index (χ4n) is 5.44. The predicted octanol–water partition coefficient (Wildman–Crippen LogP) is 8.61. The van der Waals surface area contributed by atoms with Crippen molar-refractivity contribution in [3.63, 3.8) is 0 Å². The van der Waals surface area contributed by atoms with Gasteiger partial charge >= 0.3 is 37.9 Å². The van der Waals surface area contributed by atoms with Gasteiger partial charge in [0.25, 0.3) is 0 Å². The first kappa shape index (κ1) is 29.1. The molecular formula is C26H42Cl2Si2Zr+2. The molecule has 3 fully saturated rings. The maximum absolute atomic E-state index is 4.93. The fraction of sp³-hybridized carbons (Fsp3) is 0.615. The summed E-state index contributed by atoms with van der Waals surface area (Å²) in [5.74, 6) is 6.73. The van der Waals surface area contributed by atoms with E-state index in [4.69, 9.17) is 17.0 Å². The van der Waals surface area contributed by atoms with Gasteiger partial charge < -0.3 is 0 Å². The molecule has 170 valence electrons. The first-order chi connectivity index (χ1) is 14.0. The van der Waals surface area contributed by atoms with Crippen LogP contribution >= 0.6 is 17.0 Å². The molecule has 3 rings (SSSR count). The van der Waals surface area contributed by atoms with Gasteiger partial charge in [0.1, 0.15) is 0 Å². The van der Waals surface area contributed by atoms with Crippen molar-refractivity contribution in [2.24, 2.45) is 23.2 Å². The van der Waals surface area contributed by atoms with Crippen LogP contribution in [0.4, 0.5) is 0 Å². The predicted molar refractivity (Wildman–Crippen MR) is 141 cm³/mol. The molecule has 0 aromatic heterocycles. The molecule has 1 aliphatic heterocycles. The summed E-state index contributed by atoms with van der Waals surface area (Å²) in [6, 6.07) is 0. The Morgan fingerprint density at radius 1 is 0.710 bits per heavy atom. The van der Waals surface area contributed by atoms with Crippen LogP contribution in [0.1, 0.15) is 55.4 Å². The van der Waals surface area contributed by atoms with E-state index in [-0.39, 0.29) is 0 Å². The first-order valence-corrected chi connectivity index (χ1v) is 24.0. The normalized spacial score (nSPS) is 27.2. The summed E-state index contributed by atoms with van der Waals surface area (Å²) in [6.45, 7) is 29.6. The molecule has 1 heterocycles. The molecule has 0 N–H and O–H groups in total. The van der Waals surface area contributed by atoms with Crippen LogP contribution in [0.15, 0.2) is 0 Å². The van der Waals surface area contributed by atoms with E-state index in [1.165, 1.54) is 0 Å². The minimum absolute atomic E-state index is 0.308. The second-order valence-corrected chi connectivity index (χ2v) is 24.4. The van der Waals surface area contributed by atoms with Gasteiger partial charge in [-0.15, -0.1) is 0 Å². The molecule has 0 amide bonds. The molecule has 0 aromatic carbocycles. The van der Waals surface area contributed by atoms with E-state index in [0.29, 0.717) is 23.2 Å². The van der Waals surface area contributed by atoms with Gasteiger partial charge in [0.15, 0.2) is 0 Å². The Kier molecular flexibility index (Phi) is 9.85. The summed E-state index contributed by atoms with van der Waals surface area (Å²) in [7, 11) is 6.46. The van der Waals surface area contributed by atoms with Crippen LogP contribution < -0.4 is 0 Å². The molecule has 0 aromatic rings. The number of rotatable bonds is 3. The number of hydrogen-bond donors (Lipinski definition) is 0. The molecule has 10 radical (unpaired) electrons. The average Bonchev–Trinajstić information content (AvgIpc) is 3.24. The monoisotopic (exact) mass is 570 g/mol. The van der Waals surface area contributed by atoms with Crippen molar-refractivity contribution in [2.45, 2.75) is 81.6 Å².